The van der Waals surface area contributed by atoms with Crippen LogP contribution in [-0.4, -0.2) is 33.7 Å². The van der Waals surface area contributed by atoms with Crippen LogP contribution in [0.1, 0.15) is 29.5 Å². The van der Waals surface area contributed by atoms with Crippen molar-refractivity contribution in [1.82, 2.24) is 0 Å². The Morgan fingerprint density at radius 1 is 1.10 bits per heavy atom. The third kappa shape index (κ3) is 4.89. The Morgan fingerprint density at radius 2 is 1.70 bits per heavy atom. The van der Waals surface area contributed by atoms with E-state index in [4.69, 9.17) is 9.47 Å². The van der Waals surface area contributed by atoms with Crippen LogP contribution in [0.3, 0.4) is 0 Å². The van der Waals surface area contributed by atoms with Gasteiger partial charge in [0.15, 0.2) is 16.1 Å². The van der Waals surface area contributed by atoms with Gasteiger partial charge in [0.1, 0.15) is 0 Å². The van der Waals surface area contributed by atoms with Crippen LogP contribution in [0.15, 0.2) is 18.2 Å². The third-order valence-electron chi connectivity index (χ3n) is 3.23. The molecule has 1 saturated heterocycles. The molecule has 0 amide bonds. The molecule has 0 radical (unpaired) electrons. The molecule has 1 aliphatic rings. The summed E-state index contributed by atoms with van der Waals surface area (Å²) in [4.78, 5) is 0. The number of rotatable bonds is 5. The van der Waals surface area contributed by atoms with E-state index in [0.29, 0.717) is 19.6 Å². The molecule has 2 rings (SSSR count). The summed E-state index contributed by atoms with van der Waals surface area (Å²) in [5.74, 6) is 0.187. The van der Waals surface area contributed by atoms with Crippen molar-refractivity contribution in [2.75, 3.05) is 19.0 Å². The molecule has 1 heterocycles. The van der Waals surface area contributed by atoms with Gasteiger partial charge in [-0.05, 0) is 25.8 Å². The van der Waals surface area contributed by atoms with Crippen LogP contribution in [0.25, 0.3) is 0 Å². The van der Waals surface area contributed by atoms with E-state index in [1.165, 1.54) is 0 Å². The molecule has 1 aliphatic heterocycles. The summed E-state index contributed by atoms with van der Waals surface area (Å²) in [7, 11) is -3.13. The van der Waals surface area contributed by atoms with Gasteiger partial charge in [0, 0.05) is 6.42 Å². The lowest BCUT2D eigenvalue weighted by Crippen LogP contribution is -2.27. The van der Waals surface area contributed by atoms with E-state index < -0.39 is 9.84 Å². The predicted octanol–water partition coefficient (Wildman–Crippen LogP) is 2.37. The molecule has 0 saturated carbocycles. The summed E-state index contributed by atoms with van der Waals surface area (Å²) in [5.41, 5.74) is 3.04. The summed E-state index contributed by atoms with van der Waals surface area (Å²) in [6.07, 6.45) is 0.927. The van der Waals surface area contributed by atoms with E-state index in [9.17, 15) is 8.42 Å². The molecule has 20 heavy (non-hydrogen) atoms. The van der Waals surface area contributed by atoms with Gasteiger partial charge in [0.25, 0.3) is 0 Å². The van der Waals surface area contributed by atoms with Crippen LogP contribution < -0.4 is 0 Å². The molecule has 1 fully saturated rings. The first-order valence-electron chi connectivity index (χ1n) is 6.95. The van der Waals surface area contributed by atoms with E-state index in [1.807, 2.05) is 32.0 Å². The van der Waals surface area contributed by atoms with Crippen LogP contribution >= 0.6 is 0 Å². The molecule has 1 aromatic rings. The van der Waals surface area contributed by atoms with E-state index in [-0.39, 0.29) is 17.8 Å². The molecule has 0 atom stereocenters. The van der Waals surface area contributed by atoms with Crippen LogP contribution in [0, 0.1) is 13.8 Å². The summed E-state index contributed by atoms with van der Waals surface area (Å²) in [6, 6.07) is 5.90. The maximum absolute atomic E-state index is 12.2. The largest absolute Gasteiger partial charge is 0.353 e. The van der Waals surface area contributed by atoms with Crippen molar-refractivity contribution >= 4 is 9.84 Å². The standard InChI is InChI=1S/C15H22O4S/c1-12-8-13(2)10-14(9-12)11-20(16,17)7-4-15-18-5-3-6-19-15/h8-10,15H,3-7,11H2,1-2H3. The highest BCUT2D eigenvalue weighted by atomic mass is 32.2. The molecule has 0 spiro atoms. The number of benzene rings is 1. The maximum atomic E-state index is 12.2. The fraction of sp³-hybridized carbons (Fsp3) is 0.600. The fourth-order valence-electron chi connectivity index (χ4n) is 2.46. The van der Waals surface area contributed by atoms with Crippen molar-refractivity contribution in [2.24, 2.45) is 0 Å². The van der Waals surface area contributed by atoms with Crippen molar-refractivity contribution in [3.63, 3.8) is 0 Å². The summed E-state index contributed by atoms with van der Waals surface area (Å²) in [6.45, 7) is 5.27. The quantitative estimate of drug-likeness (QED) is 0.837. The average Bonchev–Trinajstić information content (AvgIpc) is 2.36. The van der Waals surface area contributed by atoms with Gasteiger partial charge in [-0.2, -0.15) is 0 Å². The van der Waals surface area contributed by atoms with Gasteiger partial charge in [0.05, 0.1) is 24.7 Å². The number of aryl methyl sites for hydroxylation is 2. The molecule has 0 aromatic heterocycles. The minimum Gasteiger partial charge on any atom is -0.353 e. The summed E-state index contributed by atoms with van der Waals surface area (Å²) < 4.78 is 35.1. The number of ether oxygens (including phenoxy) is 2. The minimum absolute atomic E-state index is 0.0856. The van der Waals surface area contributed by atoms with Crippen LogP contribution in [0.5, 0.6) is 0 Å². The molecule has 5 heteroatoms. The normalized spacial score (nSPS) is 17.3. The Kier molecular flexibility index (Phi) is 5.18. The monoisotopic (exact) mass is 298 g/mol. The molecular formula is C15H22O4S. The second-order valence-electron chi connectivity index (χ2n) is 5.40. The van der Waals surface area contributed by atoms with Crippen LogP contribution in [0.4, 0.5) is 0 Å². The fourth-order valence-corrected chi connectivity index (χ4v) is 3.83. The lowest BCUT2D eigenvalue weighted by molar-refractivity contribution is -0.178. The SMILES string of the molecule is Cc1cc(C)cc(CS(=O)(=O)CCC2OCCCO2)c1. The van der Waals surface area contributed by atoms with Gasteiger partial charge in [-0.15, -0.1) is 0 Å². The van der Waals surface area contributed by atoms with Gasteiger partial charge in [-0.25, -0.2) is 8.42 Å². The van der Waals surface area contributed by atoms with Gasteiger partial charge in [-0.3, -0.25) is 0 Å². The van der Waals surface area contributed by atoms with Crippen molar-refractivity contribution in [1.29, 1.82) is 0 Å². The lowest BCUT2D eigenvalue weighted by Gasteiger charge is -2.22. The molecule has 1 aromatic carbocycles. The molecule has 0 N–H and O–H groups in total. The smallest absolute Gasteiger partial charge is 0.158 e. The Balaban J connectivity index is 1.92. The first-order chi connectivity index (χ1) is 9.44. The lowest BCUT2D eigenvalue weighted by atomic mass is 10.1. The Bertz CT molecular complexity index is 525. The average molecular weight is 298 g/mol. The molecular weight excluding hydrogens is 276 g/mol. The summed E-state index contributed by atoms with van der Waals surface area (Å²) >= 11 is 0. The molecule has 0 bridgehead atoms. The predicted molar refractivity (Wildman–Crippen MR) is 78.3 cm³/mol. The zero-order valence-corrected chi connectivity index (χ0v) is 12.9. The van der Waals surface area contributed by atoms with Crippen molar-refractivity contribution < 1.29 is 17.9 Å². The third-order valence-corrected chi connectivity index (χ3v) is 4.86. The number of sulfone groups is 1. The van der Waals surface area contributed by atoms with Crippen LogP contribution in [-0.2, 0) is 25.1 Å². The number of hydrogen-bond donors (Lipinski definition) is 0. The van der Waals surface area contributed by atoms with E-state index in [2.05, 4.69) is 0 Å². The van der Waals surface area contributed by atoms with Gasteiger partial charge in [0.2, 0.25) is 0 Å². The first-order valence-corrected chi connectivity index (χ1v) is 8.77. The highest BCUT2D eigenvalue weighted by molar-refractivity contribution is 7.90. The molecule has 112 valence electrons. The van der Waals surface area contributed by atoms with Crippen LogP contribution in [0.2, 0.25) is 0 Å². The topological polar surface area (TPSA) is 52.6 Å². The Hall–Kier alpha value is -0.910. The zero-order valence-electron chi connectivity index (χ0n) is 12.1. The zero-order chi connectivity index (χ0) is 14.6. The maximum Gasteiger partial charge on any atom is 0.158 e. The molecule has 0 unspecified atom stereocenters. The van der Waals surface area contributed by atoms with E-state index >= 15 is 0 Å². The van der Waals surface area contributed by atoms with Gasteiger partial charge >= 0.3 is 0 Å². The molecule has 0 aliphatic carbocycles. The highest BCUT2D eigenvalue weighted by Crippen LogP contribution is 2.15. The van der Waals surface area contributed by atoms with Gasteiger partial charge < -0.3 is 9.47 Å². The van der Waals surface area contributed by atoms with Crippen molar-refractivity contribution in [2.45, 2.75) is 38.7 Å². The first kappa shape index (κ1) is 15.5. The van der Waals surface area contributed by atoms with Crippen molar-refractivity contribution in [3.8, 4) is 0 Å². The Labute approximate surface area is 121 Å². The summed E-state index contributed by atoms with van der Waals surface area (Å²) in [5, 5.41) is 0. The second-order valence-corrected chi connectivity index (χ2v) is 7.59. The van der Waals surface area contributed by atoms with E-state index in [0.717, 1.165) is 23.1 Å². The van der Waals surface area contributed by atoms with E-state index in [1.54, 1.807) is 0 Å². The minimum atomic E-state index is -3.13. The molecule has 4 nitrogen and oxygen atoms in total. The Morgan fingerprint density at radius 3 is 2.30 bits per heavy atom. The van der Waals surface area contributed by atoms with Crippen molar-refractivity contribution in [3.05, 3.63) is 34.9 Å². The number of hydrogen-bond acceptors (Lipinski definition) is 4. The second kappa shape index (κ2) is 6.70. The van der Waals surface area contributed by atoms with Gasteiger partial charge in [-0.1, -0.05) is 29.3 Å². The highest BCUT2D eigenvalue weighted by Gasteiger charge is 2.19.